The minimum Gasteiger partial charge on any atom is -0.477 e. The van der Waals surface area contributed by atoms with Gasteiger partial charge in [0.2, 0.25) is 17.7 Å². The summed E-state index contributed by atoms with van der Waals surface area (Å²) in [7, 11) is 0. The Kier molecular flexibility index (Phi) is 24.4. The summed E-state index contributed by atoms with van der Waals surface area (Å²) in [6.45, 7) is -1.68. The maximum atomic E-state index is 13.1. The first kappa shape index (κ1) is 64.7. The van der Waals surface area contributed by atoms with Gasteiger partial charge in [0.1, 0.15) is 116 Å². The summed E-state index contributed by atoms with van der Waals surface area (Å²) in [5.41, 5.74) is 5.57. The molecule has 5 aliphatic rings. The van der Waals surface area contributed by atoms with E-state index in [0.29, 0.717) is 25.8 Å². The van der Waals surface area contributed by atoms with E-state index in [0.717, 1.165) is 20.8 Å². The molecule has 0 bridgehead atoms. The summed E-state index contributed by atoms with van der Waals surface area (Å²) in [4.78, 5) is 50.4. The van der Waals surface area contributed by atoms with Crippen LogP contribution >= 0.6 is 0 Å². The quantitative estimate of drug-likeness (QED) is 0.0378. The van der Waals surface area contributed by atoms with Gasteiger partial charge in [0.25, 0.3) is 5.79 Å². The predicted molar refractivity (Wildman–Crippen MR) is 245 cm³/mol. The van der Waals surface area contributed by atoms with E-state index in [1.54, 1.807) is 0 Å². The number of amides is 3. The van der Waals surface area contributed by atoms with E-state index in [9.17, 15) is 95.8 Å². The van der Waals surface area contributed by atoms with Crippen LogP contribution in [0.3, 0.4) is 0 Å². The Morgan fingerprint density at radius 3 is 1.69 bits per heavy atom. The zero-order valence-electron chi connectivity index (χ0n) is 42.2. The van der Waals surface area contributed by atoms with Gasteiger partial charge in [-0.05, 0) is 25.8 Å². The summed E-state index contributed by atoms with van der Waals surface area (Å²) >= 11 is 0. The van der Waals surface area contributed by atoms with Crippen LogP contribution in [0.5, 0.6) is 0 Å². The minimum absolute atomic E-state index is 0.0166. The highest BCUT2D eigenvalue weighted by Crippen LogP contribution is 2.38. The second-order valence-electron chi connectivity index (χ2n) is 19.3. The highest BCUT2D eigenvalue weighted by molar-refractivity contribution is 5.77. The third kappa shape index (κ3) is 15.5. The number of unbranched alkanes of at least 4 members (excludes halogenated alkanes) is 2. The Hall–Kier alpha value is -3.12. The highest BCUT2D eigenvalue weighted by atomic mass is 16.8. The van der Waals surface area contributed by atoms with Gasteiger partial charge in [-0.2, -0.15) is 0 Å². The molecule has 0 aromatic rings. The number of hydrogen-bond donors (Lipinski definition) is 19. The number of nitrogens with one attached hydrogen (secondary N) is 3. The molecule has 5 saturated heterocycles. The molecule has 0 aromatic carbocycles. The average Bonchev–Trinajstić information content (AvgIpc) is 3.39. The van der Waals surface area contributed by atoms with E-state index in [2.05, 4.69) is 16.0 Å². The molecule has 5 rings (SSSR count). The molecule has 5 heterocycles. The first-order valence-corrected chi connectivity index (χ1v) is 24.9. The van der Waals surface area contributed by atoms with E-state index in [1.165, 1.54) is 0 Å². The summed E-state index contributed by atoms with van der Waals surface area (Å²) in [6, 6.07) is -5.07. The van der Waals surface area contributed by atoms with Gasteiger partial charge in [0.15, 0.2) is 25.2 Å². The van der Waals surface area contributed by atoms with Gasteiger partial charge in [-0.25, -0.2) is 4.79 Å². The number of ether oxygens (including phenoxy) is 10. The lowest BCUT2D eigenvalue weighted by Gasteiger charge is -2.51. The number of hydrogen-bond acceptors (Lipinski definition) is 29. The molecule has 1 unspecified atom stereocenters. The molecule has 3 amide bonds. The Bertz CT molecular complexity index is 1880. The monoisotopic (exact) mass is 1120 g/mol. The second kappa shape index (κ2) is 29.0. The Labute approximate surface area is 439 Å². The summed E-state index contributed by atoms with van der Waals surface area (Å²) in [6.07, 6.45) is -42.0. The largest absolute Gasteiger partial charge is 0.477 e. The normalized spacial score (nSPS) is 42.4. The van der Waals surface area contributed by atoms with Crippen LogP contribution in [0, 0.1) is 0 Å². The van der Waals surface area contributed by atoms with Crippen molar-refractivity contribution in [1.29, 1.82) is 0 Å². The molecule has 77 heavy (non-hydrogen) atoms. The van der Waals surface area contributed by atoms with Gasteiger partial charge in [0.05, 0.1) is 45.2 Å². The zero-order chi connectivity index (χ0) is 57.2. The standard InChI is InChI=1S/C44H76N4O29/c1-15(53)46-24-18(56)9-44(43(66)67,77-37(24)27(58)19(57)10-49)69-14-23-30(61)36(26(48-17(3)55)40(73-23)76-38-29(60)21(12-51)71-41(34(38)65)68-8-6-4-5-7-45)75-42-33(64)32(63)35(22(13-52)72-42)74-39-25(47-16(2)54)31(62)28(59)20(11-50)70-39/h18-42,49-52,56-65H,4-14,45H2,1-3H3,(H,46,53)(H,47,54)(H,48,55)(H,66,67)/t18-,19+,20+,21+,22+,23+,24+,25?,26+,27+,28-,29-,30+,31+,32+,33+,34+,35-,36+,37+,38-,39-,40-,41+,42-,44+/m0/s1. The maximum absolute atomic E-state index is 13.1. The summed E-state index contributed by atoms with van der Waals surface area (Å²) in [5.74, 6) is -7.50. The number of rotatable bonds is 25. The molecule has 33 heteroatoms. The molecule has 0 aromatic heterocycles. The topological polar surface area (TPSA) is 526 Å². The van der Waals surface area contributed by atoms with Crippen molar-refractivity contribution in [3.63, 3.8) is 0 Å². The first-order chi connectivity index (χ1) is 36.4. The van der Waals surface area contributed by atoms with E-state index < -0.39 is 222 Å². The van der Waals surface area contributed by atoms with Gasteiger partial charge in [-0.3, -0.25) is 14.4 Å². The van der Waals surface area contributed by atoms with Crippen molar-refractivity contribution < 1.29 is 143 Å². The number of carbonyl (C=O) groups is 4. The third-order valence-corrected chi connectivity index (χ3v) is 13.6. The average molecular weight is 1130 g/mol. The number of carboxylic acid groups (broad SMARTS) is 1. The summed E-state index contributed by atoms with van der Waals surface area (Å²) < 4.78 is 58.5. The van der Waals surface area contributed by atoms with Crippen molar-refractivity contribution in [3.05, 3.63) is 0 Å². The number of nitrogens with two attached hydrogens (primary N) is 1. The van der Waals surface area contributed by atoms with Crippen molar-refractivity contribution in [3.8, 4) is 0 Å². The Morgan fingerprint density at radius 2 is 1.10 bits per heavy atom. The number of aliphatic hydroxyl groups excluding tert-OH is 14. The molecule has 0 spiro atoms. The lowest BCUT2D eigenvalue weighted by molar-refractivity contribution is -0.379. The van der Waals surface area contributed by atoms with E-state index in [1.807, 2.05) is 0 Å². The molecular formula is C44H76N4O29. The van der Waals surface area contributed by atoms with Crippen LogP contribution in [0.2, 0.25) is 0 Å². The van der Waals surface area contributed by atoms with Crippen LogP contribution in [0.4, 0.5) is 0 Å². The van der Waals surface area contributed by atoms with Crippen LogP contribution < -0.4 is 21.7 Å². The lowest BCUT2D eigenvalue weighted by Crippen LogP contribution is -2.71. The number of aliphatic carboxylic acids is 1. The molecule has 33 nitrogen and oxygen atoms in total. The molecule has 0 radical (unpaired) electrons. The highest BCUT2D eigenvalue weighted by Gasteiger charge is 2.59. The Morgan fingerprint density at radius 1 is 0.584 bits per heavy atom. The third-order valence-electron chi connectivity index (χ3n) is 13.6. The van der Waals surface area contributed by atoms with Gasteiger partial charge in [0, 0.05) is 33.8 Å². The molecule has 0 aliphatic carbocycles. The van der Waals surface area contributed by atoms with Crippen LogP contribution in [0.1, 0.15) is 46.5 Å². The maximum Gasteiger partial charge on any atom is 0.364 e. The van der Waals surface area contributed by atoms with Gasteiger partial charge in [-0.1, -0.05) is 0 Å². The minimum atomic E-state index is -3.06. The molecule has 446 valence electrons. The number of carbonyl (C=O) groups excluding carboxylic acids is 3. The van der Waals surface area contributed by atoms with E-state index >= 15 is 0 Å². The van der Waals surface area contributed by atoms with E-state index in [4.69, 9.17) is 53.1 Å². The van der Waals surface area contributed by atoms with Crippen LogP contribution in [-0.2, 0) is 66.5 Å². The van der Waals surface area contributed by atoms with Crippen molar-refractivity contribution in [1.82, 2.24) is 16.0 Å². The van der Waals surface area contributed by atoms with Gasteiger partial charge >= 0.3 is 5.97 Å². The van der Waals surface area contributed by atoms with Crippen LogP contribution in [0.25, 0.3) is 0 Å². The number of carboxylic acids is 1. The lowest BCUT2D eigenvalue weighted by atomic mass is 9.88. The van der Waals surface area contributed by atoms with Crippen molar-refractivity contribution in [2.75, 3.05) is 46.2 Å². The zero-order valence-corrected chi connectivity index (χ0v) is 42.2. The molecule has 5 aliphatic heterocycles. The molecule has 26 atom stereocenters. The van der Waals surface area contributed by atoms with E-state index in [-0.39, 0.29) is 6.61 Å². The number of aliphatic hydroxyl groups is 14. The van der Waals surface area contributed by atoms with Crippen LogP contribution in [0.15, 0.2) is 0 Å². The molecule has 0 saturated carbocycles. The van der Waals surface area contributed by atoms with Crippen molar-refractivity contribution in [2.45, 2.75) is 205 Å². The smallest absolute Gasteiger partial charge is 0.364 e. The fraction of sp³-hybridized carbons (Fsp3) is 0.909. The molecule has 20 N–H and O–H groups in total. The predicted octanol–water partition coefficient (Wildman–Crippen LogP) is -11.1. The Balaban J connectivity index is 1.52. The molecular weight excluding hydrogens is 1050 g/mol. The fourth-order valence-electron chi connectivity index (χ4n) is 9.57. The SMILES string of the molecule is CC(=O)NC1[C@H](O[C@@H]2[C@H](O)[C@@H](O)[C@H](O[C@H]3[C@H](O)[C@@H](CO[C@]4(C(=O)O)C[C@H](O)[C@@H](NC(C)=O)[C@H]([C@H](O)[C@H](O)CO)O4)O[C@@H](O[C@H]4[C@@H](O)[C@@H](CO)O[C@@H](OCCCCCN)[C@@H]4O)[C@@H]3NC(C)=O)O[C@@H]2CO)O[C@H](CO)[C@H](O)[C@@H]1O. The van der Waals surface area contributed by atoms with Gasteiger partial charge < -0.3 is 146 Å². The fourth-order valence-corrected chi connectivity index (χ4v) is 9.57. The summed E-state index contributed by atoms with van der Waals surface area (Å²) in [5, 5.41) is 170. The second-order valence-corrected chi connectivity index (χ2v) is 19.3. The molecule has 5 fully saturated rings. The van der Waals surface area contributed by atoms with Gasteiger partial charge in [-0.15, -0.1) is 0 Å². The first-order valence-electron chi connectivity index (χ1n) is 24.9. The van der Waals surface area contributed by atoms with Crippen LogP contribution in [-0.4, -0.2) is 305 Å². The van der Waals surface area contributed by atoms with Crippen molar-refractivity contribution in [2.24, 2.45) is 5.73 Å². The van der Waals surface area contributed by atoms with Crippen molar-refractivity contribution >= 4 is 23.7 Å².